The summed E-state index contributed by atoms with van der Waals surface area (Å²) < 4.78 is 7.70. The Hall–Kier alpha value is -3.49. The van der Waals surface area contributed by atoms with Gasteiger partial charge in [0, 0.05) is 28.2 Å². The Kier molecular flexibility index (Phi) is 9.24. The summed E-state index contributed by atoms with van der Waals surface area (Å²) in [5.74, 6) is 1.54. The number of anilines is 2. The molecule has 4 rings (SSSR count). The van der Waals surface area contributed by atoms with Gasteiger partial charge in [0.2, 0.25) is 5.91 Å². The van der Waals surface area contributed by atoms with E-state index in [1.165, 1.54) is 11.8 Å². The number of halogens is 1. The molecule has 0 fully saturated rings. The van der Waals surface area contributed by atoms with E-state index in [4.69, 9.17) is 16.3 Å². The molecular formula is C27H28ClN5O2S. The van der Waals surface area contributed by atoms with Crippen molar-refractivity contribution in [2.24, 2.45) is 0 Å². The normalized spacial score (nSPS) is 10.7. The molecule has 0 saturated carbocycles. The van der Waals surface area contributed by atoms with Crippen LogP contribution in [0.5, 0.6) is 5.75 Å². The predicted octanol–water partition coefficient (Wildman–Crippen LogP) is 6.44. The Labute approximate surface area is 220 Å². The van der Waals surface area contributed by atoms with E-state index in [1.54, 1.807) is 0 Å². The predicted molar refractivity (Wildman–Crippen MR) is 146 cm³/mol. The topological polar surface area (TPSA) is 81.1 Å². The van der Waals surface area contributed by atoms with Crippen LogP contribution in [0.25, 0.3) is 5.69 Å². The van der Waals surface area contributed by atoms with Crippen LogP contribution in [0.3, 0.4) is 0 Å². The Balaban J connectivity index is 1.42. The molecule has 0 aliphatic heterocycles. The third-order valence-corrected chi connectivity index (χ3v) is 6.41. The van der Waals surface area contributed by atoms with Crippen molar-refractivity contribution >= 4 is 40.6 Å². The molecule has 0 aliphatic carbocycles. The molecule has 0 spiro atoms. The number of carbonyl (C=O) groups is 1. The molecule has 1 aromatic heterocycles. The van der Waals surface area contributed by atoms with Gasteiger partial charge in [0.1, 0.15) is 5.75 Å². The first-order valence-electron chi connectivity index (χ1n) is 11.8. The third-order valence-electron chi connectivity index (χ3n) is 5.23. The highest BCUT2D eigenvalue weighted by atomic mass is 35.5. The summed E-state index contributed by atoms with van der Waals surface area (Å²) in [5.41, 5.74) is 2.55. The number of unbranched alkanes of at least 4 members (excludes halogenated alkanes) is 1. The van der Waals surface area contributed by atoms with Gasteiger partial charge < -0.3 is 15.4 Å². The zero-order valence-electron chi connectivity index (χ0n) is 20.0. The van der Waals surface area contributed by atoms with Gasteiger partial charge in [-0.3, -0.25) is 9.36 Å². The van der Waals surface area contributed by atoms with Gasteiger partial charge in [0.25, 0.3) is 0 Å². The zero-order valence-corrected chi connectivity index (χ0v) is 21.6. The lowest BCUT2D eigenvalue weighted by Crippen LogP contribution is -2.15. The van der Waals surface area contributed by atoms with Crippen molar-refractivity contribution in [2.75, 3.05) is 23.0 Å². The summed E-state index contributed by atoms with van der Waals surface area (Å²) in [6.07, 6.45) is 2.06. The van der Waals surface area contributed by atoms with Crippen LogP contribution in [0.4, 0.5) is 11.4 Å². The first-order chi connectivity index (χ1) is 17.6. The van der Waals surface area contributed by atoms with E-state index in [9.17, 15) is 4.79 Å². The molecule has 1 heterocycles. The van der Waals surface area contributed by atoms with Crippen molar-refractivity contribution in [3.8, 4) is 11.4 Å². The number of thioether (sulfide) groups is 1. The average Bonchev–Trinajstić information content (AvgIpc) is 3.31. The summed E-state index contributed by atoms with van der Waals surface area (Å²) in [6, 6.07) is 24.8. The van der Waals surface area contributed by atoms with Gasteiger partial charge in [-0.2, -0.15) is 0 Å². The molecule has 0 bridgehead atoms. The number of carbonyl (C=O) groups excluding carboxylic acids is 1. The van der Waals surface area contributed by atoms with Crippen molar-refractivity contribution in [2.45, 2.75) is 31.5 Å². The standard InChI is InChI=1S/C27H28ClN5O2S/c1-2-3-16-35-24-11-7-8-22(17-24)30-26(34)19-36-27-32-31-25(33(27)23-9-5-4-6-10-23)18-29-21-14-12-20(28)13-15-21/h4-15,17,29H,2-3,16,18-19H2,1H3,(H,30,34). The van der Waals surface area contributed by atoms with Crippen molar-refractivity contribution in [3.05, 3.63) is 89.7 Å². The van der Waals surface area contributed by atoms with Gasteiger partial charge in [-0.1, -0.05) is 61.0 Å². The Morgan fingerprint density at radius 3 is 2.58 bits per heavy atom. The molecule has 9 heteroatoms. The fourth-order valence-electron chi connectivity index (χ4n) is 3.42. The van der Waals surface area contributed by atoms with E-state index in [0.29, 0.717) is 29.0 Å². The molecule has 0 saturated heterocycles. The van der Waals surface area contributed by atoms with Crippen molar-refractivity contribution in [1.82, 2.24) is 14.8 Å². The second-order valence-electron chi connectivity index (χ2n) is 8.00. The van der Waals surface area contributed by atoms with E-state index in [2.05, 4.69) is 27.8 Å². The number of para-hydroxylation sites is 1. The summed E-state index contributed by atoms with van der Waals surface area (Å²) in [4.78, 5) is 12.7. The van der Waals surface area contributed by atoms with Crippen LogP contribution in [0.1, 0.15) is 25.6 Å². The summed E-state index contributed by atoms with van der Waals surface area (Å²) in [5, 5.41) is 16.4. The fraction of sp³-hybridized carbons (Fsp3) is 0.222. The number of nitrogens with one attached hydrogen (secondary N) is 2. The molecular weight excluding hydrogens is 494 g/mol. The Bertz CT molecular complexity index is 1260. The second kappa shape index (κ2) is 13.0. The zero-order chi connectivity index (χ0) is 25.2. The molecule has 186 valence electrons. The van der Waals surface area contributed by atoms with Crippen molar-refractivity contribution in [3.63, 3.8) is 0 Å². The van der Waals surface area contributed by atoms with Crippen LogP contribution in [0.15, 0.2) is 84.0 Å². The molecule has 0 aliphatic rings. The number of benzene rings is 3. The lowest BCUT2D eigenvalue weighted by molar-refractivity contribution is -0.113. The minimum Gasteiger partial charge on any atom is -0.494 e. The number of amides is 1. The van der Waals surface area contributed by atoms with Gasteiger partial charge in [-0.25, -0.2) is 0 Å². The Morgan fingerprint density at radius 1 is 1.00 bits per heavy atom. The maximum Gasteiger partial charge on any atom is 0.234 e. The van der Waals surface area contributed by atoms with Gasteiger partial charge >= 0.3 is 0 Å². The molecule has 1 amide bonds. The largest absolute Gasteiger partial charge is 0.494 e. The van der Waals surface area contributed by atoms with Crippen LogP contribution in [0, 0.1) is 0 Å². The van der Waals surface area contributed by atoms with Crippen LogP contribution in [-0.2, 0) is 11.3 Å². The maximum atomic E-state index is 12.7. The fourth-order valence-corrected chi connectivity index (χ4v) is 4.32. The molecule has 4 aromatic rings. The molecule has 0 radical (unpaired) electrons. The molecule has 7 nitrogen and oxygen atoms in total. The quantitative estimate of drug-likeness (QED) is 0.165. The Morgan fingerprint density at radius 2 is 1.81 bits per heavy atom. The third kappa shape index (κ3) is 7.26. The highest BCUT2D eigenvalue weighted by Gasteiger charge is 2.16. The SMILES string of the molecule is CCCCOc1cccc(NC(=O)CSc2nnc(CNc3ccc(Cl)cc3)n2-c2ccccc2)c1. The van der Waals surface area contributed by atoms with Gasteiger partial charge in [0.05, 0.1) is 18.9 Å². The van der Waals surface area contributed by atoms with E-state index >= 15 is 0 Å². The van der Waals surface area contributed by atoms with Crippen LogP contribution >= 0.6 is 23.4 Å². The van der Waals surface area contributed by atoms with E-state index in [-0.39, 0.29) is 11.7 Å². The van der Waals surface area contributed by atoms with Crippen LogP contribution < -0.4 is 15.4 Å². The van der Waals surface area contributed by atoms with E-state index in [0.717, 1.165) is 35.8 Å². The van der Waals surface area contributed by atoms with Crippen LogP contribution in [-0.4, -0.2) is 33.0 Å². The molecule has 0 atom stereocenters. The first kappa shape index (κ1) is 25.6. The summed E-state index contributed by atoms with van der Waals surface area (Å²) >= 11 is 7.32. The monoisotopic (exact) mass is 521 g/mol. The van der Waals surface area contributed by atoms with Gasteiger partial charge in [-0.15, -0.1) is 10.2 Å². The smallest absolute Gasteiger partial charge is 0.234 e. The first-order valence-corrected chi connectivity index (χ1v) is 13.1. The van der Waals surface area contributed by atoms with Gasteiger partial charge in [-0.05, 0) is 55.0 Å². The van der Waals surface area contributed by atoms with Gasteiger partial charge in [0.15, 0.2) is 11.0 Å². The highest BCUT2D eigenvalue weighted by molar-refractivity contribution is 7.99. The van der Waals surface area contributed by atoms with Crippen molar-refractivity contribution in [1.29, 1.82) is 0 Å². The molecule has 0 unspecified atom stereocenters. The number of aromatic nitrogens is 3. The summed E-state index contributed by atoms with van der Waals surface area (Å²) in [6.45, 7) is 3.24. The number of hydrogen-bond acceptors (Lipinski definition) is 6. The number of rotatable bonds is 12. The lowest BCUT2D eigenvalue weighted by atomic mass is 10.3. The molecule has 3 aromatic carbocycles. The minimum atomic E-state index is -0.130. The number of ether oxygens (including phenoxy) is 1. The highest BCUT2D eigenvalue weighted by Crippen LogP contribution is 2.24. The summed E-state index contributed by atoms with van der Waals surface area (Å²) in [7, 11) is 0. The number of nitrogens with zero attached hydrogens (tertiary/aromatic N) is 3. The van der Waals surface area contributed by atoms with Crippen molar-refractivity contribution < 1.29 is 9.53 Å². The average molecular weight is 522 g/mol. The second-order valence-corrected chi connectivity index (χ2v) is 9.38. The van der Waals surface area contributed by atoms with E-state index in [1.807, 2.05) is 83.4 Å². The molecule has 2 N–H and O–H groups in total. The maximum absolute atomic E-state index is 12.7. The minimum absolute atomic E-state index is 0.130. The molecule has 36 heavy (non-hydrogen) atoms. The van der Waals surface area contributed by atoms with Crippen LogP contribution in [0.2, 0.25) is 5.02 Å². The van der Waals surface area contributed by atoms with E-state index < -0.39 is 0 Å². The number of hydrogen-bond donors (Lipinski definition) is 2. The lowest BCUT2D eigenvalue weighted by Gasteiger charge is -2.12.